The van der Waals surface area contributed by atoms with Gasteiger partial charge in [0.25, 0.3) is 5.56 Å². The third-order valence-electron chi connectivity index (χ3n) is 4.44. The quantitative estimate of drug-likeness (QED) is 0.383. The molecule has 4 aromatic rings. The highest BCUT2D eigenvalue weighted by molar-refractivity contribution is 7.99. The standard InChI is InChI=1S/C21H16N6O2S/c1-2-11-26-19(29)15-8-4-6-10-17(15)27-20(26)24-25-21(27)30-13-18(28)23-16-9-5-3-7-14(16)12-22/h2-10H,1,11,13H2,(H,23,28). The first-order valence-corrected chi connectivity index (χ1v) is 10.0. The number of hydrogen-bond acceptors (Lipinski definition) is 6. The van der Waals surface area contributed by atoms with Crippen molar-refractivity contribution in [2.24, 2.45) is 0 Å². The van der Waals surface area contributed by atoms with Crippen molar-refractivity contribution >= 4 is 40.0 Å². The number of carbonyl (C=O) groups is 1. The van der Waals surface area contributed by atoms with Crippen LogP contribution in [0.5, 0.6) is 0 Å². The Hall–Kier alpha value is -3.90. The number of nitrogens with one attached hydrogen (secondary N) is 1. The van der Waals surface area contributed by atoms with Crippen LogP contribution in [0.15, 0.2) is 71.1 Å². The predicted molar refractivity (Wildman–Crippen MR) is 115 cm³/mol. The highest BCUT2D eigenvalue weighted by atomic mass is 32.2. The zero-order valence-corrected chi connectivity index (χ0v) is 16.6. The largest absolute Gasteiger partial charge is 0.324 e. The van der Waals surface area contributed by atoms with Gasteiger partial charge in [0.2, 0.25) is 11.7 Å². The van der Waals surface area contributed by atoms with Gasteiger partial charge in [-0.15, -0.1) is 16.8 Å². The molecule has 1 amide bonds. The minimum atomic E-state index is -0.275. The molecule has 0 aliphatic heterocycles. The van der Waals surface area contributed by atoms with Crippen molar-refractivity contribution < 1.29 is 4.79 Å². The molecular formula is C21H16N6O2S. The Morgan fingerprint density at radius 3 is 2.77 bits per heavy atom. The minimum Gasteiger partial charge on any atom is -0.324 e. The first-order valence-electron chi connectivity index (χ1n) is 9.03. The van der Waals surface area contributed by atoms with E-state index < -0.39 is 0 Å². The number of hydrogen-bond donors (Lipinski definition) is 1. The second-order valence-corrected chi connectivity index (χ2v) is 7.28. The number of para-hydroxylation sites is 2. The molecule has 0 unspecified atom stereocenters. The van der Waals surface area contributed by atoms with Crippen molar-refractivity contribution in [3.63, 3.8) is 0 Å². The van der Waals surface area contributed by atoms with E-state index in [1.165, 1.54) is 16.3 Å². The van der Waals surface area contributed by atoms with Gasteiger partial charge in [0.15, 0.2) is 5.16 Å². The lowest BCUT2D eigenvalue weighted by Gasteiger charge is -2.10. The average molecular weight is 416 g/mol. The fourth-order valence-electron chi connectivity index (χ4n) is 3.13. The van der Waals surface area contributed by atoms with Crippen LogP contribution in [0.4, 0.5) is 5.69 Å². The molecule has 2 heterocycles. The van der Waals surface area contributed by atoms with Crippen LogP contribution in [0.25, 0.3) is 16.7 Å². The van der Waals surface area contributed by atoms with Crippen molar-refractivity contribution in [3.8, 4) is 6.07 Å². The Kier molecular flexibility index (Phi) is 5.32. The van der Waals surface area contributed by atoms with E-state index in [1.807, 2.05) is 18.2 Å². The number of rotatable bonds is 6. The number of anilines is 1. The van der Waals surface area contributed by atoms with Gasteiger partial charge in [0.05, 0.1) is 27.9 Å². The van der Waals surface area contributed by atoms with Gasteiger partial charge in [0.1, 0.15) is 6.07 Å². The zero-order valence-electron chi connectivity index (χ0n) is 15.8. The fraction of sp³-hybridized carbons (Fsp3) is 0.0952. The van der Waals surface area contributed by atoms with Crippen molar-refractivity contribution in [1.82, 2.24) is 19.2 Å². The Morgan fingerprint density at radius 2 is 1.97 bits per heavy atom. The summed E-state index contributed by atoms with van der Waals surface area (Å²) in [7, 11) is 0. The van der Waals surface area contributed by atoms with E-state index in [0.29, 0.717) is 39.6 Å². The number of carbonyl (C=O) groups excluding carboxylic acids is 1. The van der Waals surface area contributed by atoms with Crippen LogP contribution in [0.2, 0.25) is 0 Å². The van der Waals surface area contributed by atoms with E-state index in [1.54, 1.807) is 46.9 Å². The predicted octanol–water partition coefficient (Wildman–Crippen LogP) is 2.83. The number of nitriles is 1. The summed E-state index contributed by atoms with van der Waals surface area (Å²) in [5.41, 5.74) is 1.35. The van der Waals surface area contributed by atoms with Crippen LogP contribution in [-0.2, 0) is 11.3 Å². The first kappa shape index (κ1) is 19.4. The van der Waals surface area contributed by atoms with Gasteiger partial charge in [-0.05, 0) is 24.3 Å². The van der Waals surface area contributed by atoms with Gasteiger partial charge >= 0.3 is 0 Å². The van der Waals surface area contributed by atoms with E-state index >= 15 is 0 Å². The lowest BCUT2D eigenvalue weighted by Crippen LogP contribution is -2.22. The maximum Gasteiger partial charge on any atom is 0.263 e. The second-order valence-electron chi connectivity index (χ2n) is 6.33. The van der Waals surface area contributed by atoms with Crippen LogP contribution >= 0.6 is 11.8 Å². The van der Waals surface area contributed by atoms with Crippen molar-refractivity contribution in [2.45, 2.75) is 11.7 Å². The minimum absolute atomic E-state index is 0.0649. The molecule has 30 heavy (non-hydrogen) atoms. The molecule has 0 saturated heterocycles. The average Bonchev–Trinajstić information content (AvgIpc) is 3.19. The van der Waals surface area contributed by atoms with Gasteiger partial charge in [-0.3, -0.25) is 18.6 Å². The fourth-order valence-corrected chi connectivity index (χ4v) is 3.87. The molecular weight excluding hydrogens is 400 g/mol. The number of amides is 1. The monoisotopic (exact) mass is 416 g/mol. The molecule has 0 aliphatic rings. The van der Waals surface area contributed by atoms with Crippen LogP contribution < -0.4 is 10.9 Å². The molecule has 9 heteroatoms. The molecule has 0 aliphatic carbocycles. The Bertz CT molecular complexity index is 1380. The van der Waals surface area contributed by atoms with Crippen molar-refractivity contribution in [2.75, 3.05) is 11.1 Å². The molecule has 0 bridgehead atoms. The lowest BCUT2D eigenvalue weighted by atomic mass is 10.2. The summed E-state index contributed by atoms with van der Waals surface area (Å²) >= 11 is 1.20. The smallest absolute Gasteiger partial charge is 0.263 e. The molecule has 0 saturated carbocycles. The van der Waals surface area contributed by atoms with Gasteiger partial charge in [-0.1, -0.05) is 42.1 Å². The summed E-state index contributed by atoms with van der Waals surface area (Å²) in [5.74, 6) is 0.176. The second kappa shape index (κ2) is 8.23. The summed E-state index contributed by atoms with van der Waals surface area (Å²) in [5, 5.41) is 21.3. The molecule has 8 nitrogen and oxygen atoms in total. The van der Waals surface area contributed by atoms with E-state index in [0.717, 1.165) is 0 Å². The van der Waals surface area contributed by atoms with Crippen LogP contribution in [0, 0.1) is 11.3 Å². The maximum atomic E-state index is 12.8. The first-order chi connectivity index (χ1) is 14.6. The van der Waals surface area contributed by atoms with Crippen LogP contribution in [0.1, 0.15) is 5.56 Å². The maximum absolute atomic E-state index is 12.8. The number of benzene rings is 2. The molecule has 2 aromatic heterocycles. The van der Waals surface area contributed by atoms with Gasteiger partial charge in [-0.2, -0.15) is 5.26 Å². The topological polar surface area (TPSA) is 105 Å². The van der Waals surface area contributed by atoms with Crippen molar-refractivity contribution in [1.29, 1.82) is 5.26 Å². The molecule has 148 valence electrons. The summed E-state index contributed by atoms with van der Waals surface area (Å²) in [4.78, 5) is 25.2. The SMILES string of the molecule is C=CCn1c(=O)c2ccccc2n2c(SCC(=O)Nc3ccccc3C#N)nnc12. The summed E-state index contributed by atoms with van der Waals surface area (Å²) in [6.45, 7) is 4.00. The molecule has 0 atom stereocenters. The molecule has 0 spiro atoms. The number of allylic oxidation sites excluding steroid dienone is 1. The Morgan fingerprint density at radius 1 is 1.20 bits per heavy atom. The normalized spacial score (nSPS) is 10.8. The lowest BCUT2D eigenvalue weighted by molar-refractivity contribution is -0.113. The van der Waals surface area contributed by atoms with Gasteiger partial charge < -0.3 is 5.32 Å². The zero-order chi connectivity index (χ0) is 21.1. The number of thioether (sulfide) groups is 1. The molecule has 4 rings (SSSR count). The molecule has 0 radical (unpaired) electrons. The summed E-state index contributed by atoms with van der Waals surface area (Å²) < 4.78 is 3.26. The Labute approximate surface area is 175 Å². The highest BCUT2D eigenvalue weighted by Crippen LogP contribution is 2.22. The van der Waals surface area contributed by atoms with E-state index in [-0.39, 0.29) is 17.2 Å². The molecule has 1 N–H and O–H groups in total. The molecule has 0 fully saturated rings. The third kappa shape index (κ3) is 3.44. The number of fused-ring (bicyclic) bond motifs is 3. The Balaban J connectivity index is 1.67. The van der Waals surface area contributed by atoms with Crippen LogP contribution in [0.3, 0.4) is 0 Å². The van der Waals surface area contributed by atoms with Crippen molar-refractivity contribution in [3.05, 3.63) is 77.1 Å². The summed E-state index contributed by atoms with van der Waals surface area (Å²) in [6, 6.07) is 16.0. The number of nitrogens with zero attached hydrogens (tertiary/aromatic N) is 5. The van der Waals surface area contributed by atoms with Crippen LogP contribution in [-0.4, -0.2) is 30.8 Å². The van der Waals surface area contributed by atoms with E-state index in [9.17, 15) is 9.59 Å². The summed E-state index contributed by atoms with van der Waals surface area (Å²) in [6.07, 6.45) is 1.62. The van der Waals surface area contributed by atoms with E-state index in [2.05, 4.69) is 22.1 Å². The van der Waals surface area contributed by atoms with Gasteiger partial charge in [0, 0.05) is 6.54 Å². The molecule has 2 aromatic carbocycles. The number of aromatic nitrogens is 4. The van der Waals surface area contributed by atoms with E-state index in [4.69, 9.17) is 5.26 Å². The highest BCUT2D eigenvalue weighted by Gasteiger charge is 2.17. The third-order valence-corrected chi connectivity index (χ3v) is 5.37. The van der Waals surface area contributed by atoms with Gasteiger partial charge in [-0.25, -0.2) is 0 Å².